The fourth-order valence-corrected chi connectivity index (χ4v) is 4.62. The van der Waals surface area contributed by atoms with E-state index in [9.17, 15) is 4.39 Å². The van der Waals surface area contributed by atoms with Gasteiger partial charge in [0.15, 0.2) is 5.82 Å². The summed E-state index contributed by atoms with van der Waals surface area (Å²) >= 11 is 0. The van der Waals surface area contributed by atoms with Crippen LogP contribution in [0.1, 0.15) is 49.4 Å². The van der Waals surface area contributed by atoms with Gasteiger partial charge in [-0.15, -0.1) is 0 Å². The molecule has 0 spiro atoms. The molecule has 1 fully saturated rings. The van der Waals surface area contributed by atoms with Crippen LogP contribution in [0.15, 0.2) is 24.4 Å². The van der Waals surface area contributed by atoms with Crippen molar-refractivity contribution < 1.29 is 4.39 Å². The van der Waals surface area contributed by atoms with Crippen molar-refractivity contribution in [3.63, 3.8) is 0 Å². The Balaban J connectivity index is 1.66. The summed E-state index contributed by atoms with van der Waals surface area (Å²) in [6.45, 7) is 4.39. The van der Waals surface area contributed by atoms with Gasteiger partial charge in [0, 0.05) is 18.7 Å². The lowest BCUT2D eigenvalue weighted by molar-refractivity contribution is 0.305. The average Bonchev–Trinajstić information content (AvgIpc) is 3.06. The molecule has 0 bridgehead atoms. The van der Waals surface area contributed by atoms with E-state index in [-0.39, 0.29) is 5.82 Å². The molecule has 28 heavy (non-hydrogen) atoms. The van der Waals surface area contributed by atoms with E-state index < -0.39 is 5.54 Å². The molecule has 0 saturated heterocycles. The quantitative estimate of drug-likeness (QED) is 0.752. The van der Waals surface area contributed by atoms with Crippen LogP contribution in [0.2, 0.25) is 0 Å². The normalized spacial score (nSPS) is 26.6. The highest BCUT2D eigenvalue weighted by Gasteiger charge is 2.41. The van der Waals surface area contributed by atoms with E-state index in [4.69, 9.17) is 15.7 Å². The molecule has 1 aromatic heterocycles. The summed E-state index contributed by atoms with van der Waals surface area (Å²) in [5.74, 6) is 1.72. The van der Waals surface area contributed by atoms with Crippen molar-refractivity contribution in [2.24, 2.45) is 11.7 Å². The van der Waals surface area contributed by atoms with Crippen LogP contribution >= 0.6 is 0 Å². The van der Waals surface area contributed by atoms with E-state index in [0.29, 0.717) is 41.1 Å². The molecule has 1 saturated carbocycles. The van der Waals surface area contributed by atoms with Crippen LogP contribution in [0.5, 0.6) is 0 Å². The number of nitrogens with two attached hydrogens (primary N) is 1. The van der Waals surface area contributed by atoms with Crippen molar-refractivity contribution in [3.05, 3.63) is 47.0 Å². The van der Waals surface area contributed by atoms with Gasteiger partial charge in [-0.25, -0.2) is 14.8 Å². The summed E-state index contributed by atoms with van der Waals surface area (Å²) in [5.41, 5.74) is 13.4. The molecular formula is C21H29FN6. The Morgan fingerprint density at radius 2 is 2.11 bits per heavy atom. The minimum absolute atomic E-state index is 0.219. The van der Waals surface area contributed by atoms with Gasteiger partial charge in [-0.3, -0.25) is 4.98 Å². The molecule has 1 unspecified atom stereocenters. The van der Waals surface area contributed by atoms with Crippen LogP contribution in [-0.2, 0) is 5.54 Å². The molecule has 1 aromatic carbocycles. The van der Waals surface area contributed by atoms with Crippen LogP contribution in [-0.4, -0.2) is 29.6 Å². The van der Waals surface area contributed by atoms with Gasteiger partial charge in [0.25, 0.3) is 0 Å². The van der Waals surface area contributed by atoms with Crippen molar-refractivity contribution in [1.82, 2.24) is 15.4 Å². The number of rotatable bonds is 4. The molecule has 7 heteroatoms. The molecule has 3 atom stereocenters. The van der Waals surface area contributed by atoms with E-state index in [1.54, 1.807) is 25.3 Å². The van der Waals surface area contributed by atoms with Crippen LogP contribution in [0.25, 0.3) is 0 Å². The Bertz CT molecular complexity index is 872. The number of hydrazine groups is 1. The molecule has 1 aliphatic carbocycles. The number of nitrogens with zero attached hydrogens (tertiary/aromatic N) is 3. The number of halogens is 1. The zero-order valence-electron chi connectivity index (χ0n) is 16.8. The highest BCUT2D eigenvalue weighted by Crippen LogP contribution is 2.39. The summed E-state index contributed by atoms with van der Waals surface area (Å²) in [7, 11) is 2.07. The lowest BCUT2D eigenvalue weighted by atomic mass is 9.84. The van der Waals surface area contributed by atoms with Gasteiger partial charge < -0.3 is 16.1 Å². The second-order valence-corrected chi connectivity index (χ2v) is 8.20. The van der Waals surface area contributed by atoms with Crippen molar-refractivity contribution in [2.45, 2.75) is 51.1 Å². The molecule has 2 aromatic rings. The standard InChI is InChI=1S/C21H29FN6/c1-13-7-6-9-15(18(13)22)21(2)19-20(26-27-21)25-17(12-24-19)28(3)16-10-5-4-8-14(16)11-23/h6-7,9,12,14,16,27H,4-5,8,10-11,23H2,1-3H3,(H,25,26)/t14-,16+,21?/m1/s1. The number of hydrogen-bond donors (Lipinski definition) is 3. The minimum Gasteiger partial charge on any atom is -0.355 e. The van der Waals surface area contributed by atoms with Crippen LogP contribution in [0, 0.1) is 18.7 Å². The van der Waals surface area contributed by atoms with E-state index >= 15 is 0 Å². The second-order valence-electron chi connectivity index (χ2n) is 8.20. The second kappa shape index (κ2) is 7.29. The zero-order chi connectivity index (χ0) is 19.9. The van der Waals surface area contributed by atoms with Gasteiger partial charge in [0.1, 0.15) is 22.9 Å². The van der Waals surface area contributed by atoms with Gasteiger partial charge in [0.2, 0.25) is 0 Å². The minimum atomic E-state index is -0.778. The number of hydrogen-bond acceptors (Lipinski definition) is 6. The summed E-state index contributed by atoms with van der Waals surface area (Å²) in [6.07, 6.45) is 6.54. The Hall–Kier alpha value is -2.25. The molecule has 0 amide bonds. The summed E-state index contributed by atoms with van der Waals surface area (Å²) < 4.78 is 14.8. The molecule has 6 nitrogen and oxygen atoms in total. The maximum Gasteiger partial charge on any atom is 0.166 e. The molecule has 4 N–H and O–H groups in total. The SMILES string of the molecule is Cc1cccc(C2(C)NNc3nc(N(C)[C@H]4CCCC[C@@H]4CN)cnc32)c1F. The van der Waals surface area contributed by atoms with Crippen LogP contribution in [0.3, 0.4) is 0 Å². The predicted octanol–water partition coefficient (Wildman–Crippen LogP) is 3.07. The fourth-order valence-electron chi connectivity index (χ4n) is 4.62. The first-order chi connectivity index (χ1) is 13.5. The average molecular weight is 385 g/mol. The van der Waals surface area contributed by atoms with Crippen molar-refractivity contribution in [2.75, 3.05) is 23.9 Å². The first-order valence-electron chi connectivity index (χ1n) is 10.0. The monoisotopic (exact) mass is 384 g/mol. The Kier molecular flexibility index (Phi) is 4.97. The number of fused-ring (bicyclic) bond motifs is 1. The molecule has 150 valence electrons. The third-order valence-corrected chi connectivity index (χ3v) is 6.43. The fraction of sp³-hybridized carbons (Fsp3) is 0.524. The molecule has 2 aliphatic rings. The van der Waals surface area contributed by atoms with Crippen molar-refractivity contribution >= 4 is 11.6 Å². The summed E-state index contributed by atoms with van der Waals surface area (Å²) in [6, 6.07) is 5.81. The van der Waals surface area contributed by atoms with Crippen molar-refractivity contribution in [1.29, 1.82) is 0 Å². The third-order valence-electron chi connectivity index (χ3n) is 6.43. The van der Waals surface area contributed by atoms with E-state index in [0.717, 1.165) is 18.7 Å². The number of aryl methyl sites for hydroxylation is 1. The number of nitrogens with one attached hydrogen (secondary N) is 2. The molecule has 1 aliphatic heterocycles. The van der Waals surface area contributed by atoms with Gasteiger partial charge in [-0.2, -0.15) is 0 Å². The van der Waals surface area contributed by atoms with Gasteiger partial charge >= 0.3 is 0 Å². The highest BCUT2D eigenvalue weighted by molar-refractivity contribution is 5.57. The van der Waals surface area contributed by atoms with Crippen LogP contribution in [0.4, 0.5) is 16.0 Å². The van der Waals surface area contributed by atoms with Gasteiger partial charge in [-0.05, 0) is 44.7 Å². The summed E-state index contributed by atoms with van der Waals surface area (Å²) in [4.78, 5) is 11.7. The van der Waals surface area contributed by atoms with E-state index in [2.05, 4.69) is 22.8 Å². The Morgan fingerprint density at radius 1 is 1.32 bits per heavy atom. The topological polar surface area (TPSA) is 79.1 Å². The lowest BCUT2D eigenvalue weighted by Crippen LogP contribution is -2.43. The largest absolute Gasteiger partial charge is 0.355 e. The van der Waals surface area contributed by atoms with Gasteiger partial charge in [-0.1, -0.05) is 31.0 Å². The third kappa shape index (κ3) is 3.02. The molecular weight excluding hydrogens is 355 g/mol. The summed E-state index contributed by atoms with van der Waals surface area (Å²) in [5, 5.41) is 0. The maximum atomic E-state index is 14.8. The predicted molar refractivity (Wildman–Crippen MR) is 110 cm³/mol. The first kappa shape index (κ1) is 19.1. The Labute approximate surface area is 165 Å². The first-order valence-corrected chi connectivity index (χ1v) is 10.0. The number of benzene rings is 1. The maximum absolute atomic E-state index is 14.8. The number of anilines is 2. The van der Waals surface area contributed by atoms with Gasteiger partial charge in [0.05, 0.1) is 6.20 Å². The smallest absolute Gasteiger partial charge is 0.166 e. The lowest BCUT2D eigenvalue weighted by Gasteiger charge is -2.38. The molecule has 2 heterocycles. The number of aromatic nitrogens is 2. The van der Waals surface area contributed by atoms with E-state index in [1.807, 2.05) is 13.0 Å². The highest BCUT2D eigenvalue weighted by atomic mass is 19.1. The zero-order valence-corrected chi connectivity index (χ0v) is 16.8. The van der Waals surface area contributed by atoms with E-state index in [1.165, 1.54) is 12.8 Å². The van der Waals surface area contributed by atoms with Crippen LogP contribution < -0.4 is 21.5 Å². The Morgan fingerprint density at radius 3 is 2.89 bits per heavy atom. The molecule has 0 radical (unpaired) electrons. The van der Waals surface area contributed by atoms with Crippen molar-refractivity contribution in [3.8, 4) is 0 Å². The molecule has 4 rings (SSSR count).